The predicted octanol–water partition coefficient (Wildman–Crippen LogP) is 9.83. The minimum Gasteiger partial charge on any atom is -0.497 e. The molecule has 1 aliphatic rings. The summed E-state index contributed by atoms with van der Waals surface area (Å²) in [5.74, 6) is -4.88. The zero-order chi connectivity index (χ0) is 48.6. The number of carbonyl (C=O) groups excluding carboxylic acids is 1. The molecule has 0 aliphatic heterocycles. The van der Waals surface area contributed by atoms with Gasteiger partial charge in [-0.1, -0.05) is 35.3 Å². The Labute approximate surface area is 394 Å². The second kappa shape index (κ2) is 19.6. The number of methoxy groups -OCH3 is 2. The van der Waals surface area contributed by atoms with Crippen LogP contribution in [-0.2, 0) is 39.0 Å². The second-order valence-corrected chi connectivity index (χ2v) is 20.2. The molecule has 3 heterocycles. The van der Waals surface area contributed by atoms with Gasteiger partial charge in [0.25, 0.3) is 5.56 Å². The molecule has 0 bridgehead atoms. The zero-order valence-corrected chi connectivity index (χ0v) is 39.8. The molecular weight excluding hydrogens is 942 g/mol. The highest BCUT2D eigenvalue weighted by Gasteiger charge is 2.37. The van der Waals surface area contributed by atoms with Crippen molar-refractivity contribution in [2.75, 3.05) is 31.4 Å². The lowest BCUT2D eigenvalue weighted by molar-refractivity contribution is -0.0384. The van der Waals surface area contributed by atoms with Crippen LogP contribution in [0.2, 0.25) is 10.0 Å². The summed E-state index contributed by atoms with van der Waals surface area (Å²) in [6.07, 6.45) is -0.571. The Kier molecular flexibility index (Phi) is 14.5. The minimum atomic E-state index is -4.11. The number of pyridine rings is 1. The molecule has 0 radical (unpaired) electrons. The molecule has 1 fully saturated rings. The number of sulfonamides is 1. The summed E-state index contributed by atoms with van der Waals surface area (Å²) >= 11 is 14.0. The first kappa shape index (κ1) is 49.4. The molecule has 0 spiro atoms. The van der Waals surface area contributed by atoms with Crippen molar-refractivity contribution in [3.63, 3.8) is 0 Å². The molecule has 3 aromatic heterocycles. The lowest BCUT2D eigenvalue weighted by Gasteiger charge is -2.28. The number of hydrogen-bond acceptors (Lipinski definition) is 10. The Hall–Kier alpha value is -5.50. The van der Waals surface area contributed by atoms with Gasteiger partial charge >= 0.3 is 6.09 Å². The van der Waals surface area contributed by atoms with Crippen LogP contribution in [-0.4, -0.2) is 77.4 Å². The van der Waals surface area contributed by atoms with Crippen molar-refractivity contribution in [2.45, 2.75) is 95.9 Å². The molecule has 1 atom stereocenters. The van der Waals surface area contributed by atoms with Gasteiger partial charge in [-0.2, -0.15) is 5.10 Å². The SMILES string of the molecule is COCCCn1nc(N(Cc2ccc(OC)cc2)S(C)(=O)=O)c2c(Cl)ccc(-n3c([C@H](Cc4cc(F)cc(F)c4)NC(=O)OC(C)(C)C)nc4nc(C5CCC(F)(F)CC5)cc(Cl)c4c3=O)c21. The van der Waals surface area contributed by atoms with Crippen molar-refractivity contribution in [2.24, 2.45) is 0 Å². The Morgan fingerprint density at radius 2 is 1.63 bits per heavy atom. The van der Waals surface area contributed by atoms with Crippen LogP contribution in [0, 0.1) is 11.6 Å². The van der Waals surface area contributed by atoms with E-state index in [1.165, 1.54) is 37.1 Å². The molecule has 3 aromatic carbocycles. The van der Waals surface area contributed by atoms with Gasteiger partial charge in [0, 0.05) is 57.2 Å². The first-order valence-electron chi connectivity index (χ1n) is 21.3. The molecule has 1 saturated carbocycles. The summed E-state index contributed by atoms with van der Waals surface area (Å²) < 4.78 is 106. The number of hydrogen-bond donors (Lipinski definition) is 1. The number of benzene rings is 3. The summed E-state index contributed by atoms with van der Waals surface area (Å²) in [5, 5.41) is 7.47. The highest BCUT2D eigenvalue weighted by atomic mass is 35.5. The summed E-state index contributed by atoms with van der Waals surface area (Å²) in [7, 11) is -1.10. The van der Waals surface area contributed by atoms with E-state index < -0.39 is 56.8 Å². The van der Waals surface area contributed by atoms with E-state index in [1.807, 2.05) is 0 Å². The van der Waals surface area contributed by atoms with Crippen molar-refractivity contribution in [1.29, 1.82) is 0 Å². The number of nitrogens with zero attached hydrogens (tertiary/aromatic N) is 6. The third-order valence-corrected chi connectivity index (χ3v) is 12.9. The van der Waals surface area contributed by atoms with E-state index in [4.69, 9.17) is 52.5 Å². The minimum absolute atomic E-state index is 0.0407. The number of nitrogens with one attached hydrogen (secondary N) is 1. The Morgan fingerprint density at radius 1 is 0.955 bits per heavy atom. The maximum absolute atomic E-state index is 15.5. The number of rotatable bonds is 15. The zero-order valence-electron chi connectivity index (χ0n) is 37.5. The lowest BCUT2D eigenvalue weighted by Crippen LogP contribution is -2.39. The van der Waals surface area contributed by atoms with E-state index in [-0.39, 0.29) is 107 Å². The molecule has 1 amide bonds. The van der Waals surface area contributed by atoms with Gasteiger partial charge in [0.2, 0.25) is 15.9 Å². The number of aromatic nitrogens is 5. The normalized spacial score (nSPS) is 14.9. The van der Waals surface area contributed by atoms with Crippen molar-refractivity contribution >= 4 is 67.1 Å². The van der Waals surface area contributed by atoms with Crippen LogP contribution in [0.5, 0.6) is 5.75 Å². The molecule has 0 saturated heterocycles. The van der Waals surface area contributed by atoms with Crippen molar-refractivity contribution in [3.8, 4) is 11.4 Å². The Morgan fingerprint density at radius 3 is 2.24 bits per heavy atom. The van der Waals surface area contributed by atoms with E-state index in [2.05, 4.69) is 5.32 Å². The molecule has 7 rings (SSSR count). The van der Waals surface area contributed by atoms with Crippen LogP contribution < -0.4 is 19.9 Å². The number of fused-ring (bicyclic) bond motifs is 2. The average molecular weight is 991 g/mol. The van der Waals surface area contributed by atoms with E-state index in [1.54, 1.807) is 45.0 Å². The lowest BCUT2D eigenvalue weighted by atomic mass is 9.84. The third kappa shape index (κ3) is 11.3. The predicted molar refractivity (Wildman–Crippen MR) is 247 cm³/mol. The summed E-state index contributed by atoms with van der Waals surface area (Å²) in [5.41, 5.74) is -0.902. The number of ether oxygens (including phenoxy) is 3. The van der Waals surface area contributed by atoms with Gasteiger partial charge in [-0.05, 0) is 93.6 Å². The number of halogens is 6. The third-order valence-electron chi connectivity index (χ3n) is 11.2. The number of carbonyl (C=O) groups is 1. The fourth-order valence-electron chi connectivity index (χ4n) is 8.17. The number of alkyl carbamates (subject to hydrolysis) is 1. The van der Waals surface area contributed by atoms with Crippen molar-refractivity contribution < 1.29 is 45.0 Å². The molecule has 6 aromatic rings. The van der Waals surface area contributed by atoms with Gasteiger partial charge in [0.05, 0.1) is 52.6 Å². The molecular formula is C46H49Cl2F4N7O7S. The van der Waals surface area contributed by atoms with Gasteiger partial charge in [-0.25, -0.2) is 45.0 Å². The first-order chi connectivity index (χ1) is 31.6. The number of aryl methyl sites for hydroxylation is 1. The van der Waals surface area contributed by atoms with E-state index >= 15 is 4.79 Å². The molecule has 14 nitrogen and oxygen atoms in total. The highest BCUT2D eigenvalue weighted by molar-refractivity contribution is 7.92. The van der Waals surface area contributed by atoms with Crippen LogP contribution in [0.1, 0.15) is 87.5 Å². The number of alkyl halides is 2. The smallest absolute Gasteiger partial charge is 0.408 e. The summed E-state index contributed by atoms with van der Waals surface area (Å²) in [4.78, 5) is 38.8. The van der Waals surface area contributed by atoms with Crippen LogP contribution in [0.4, 0.5) is 28.2 Å². The molecule has 358 valence electrons. The average Bonchev–Trinajstić information content (AvgIpc) is 3.61. The first-order valence-corrected chi connectivity index (χ1v) is 23.9. The summed E-state index contributed by atoms with van der Waals surface area (Å²) in [6.45, 7) is 5.06. The van der Waals surface area contributed by atoms with Crippen LogP contribution in [0.25, 0.3) is 27.6 Å². The number of anilines is 1. The largest absolute Gasteiger partial charge is 0.497 e. The van der Waals surface area contributed by atoms with Gasteiger partial charge in [-0.3, -0.25) is 14.0 Å². The van der Waals surface area contributed by atoms with Gasteiger partial charge < -0.3 is 19.5 Å². The summed E-state index contributed by atoms with van der Waals surface area (Å²) in [6, 6.07) is 12.5. The van der Waals surface area contributed by atoms with E-state index in [0.29, 0.717) is 29.5 Å². The van der Waals surface area contributed by atoms with E-state index in [0.717, 1.165) is 27.3 Å². The van der Waals surface area contributed by atoms with Crippen LogP contribution in [0.3, 0.4) is 0 Å². The van der Waals surface area contributed by atoms with Crippen LogP contribution >= 0.6 is 23.2 Å². The Bertz CT molecular complexity index is 2970. The molecule has 1 N–H and O–H groups in total. The maximum atomic E-state index is 15.5. The Balaban J connectivity index is 1.54. The van der Waals surface area contributed by atoms with Gasteiger partial charge in [0.1, 0.15) is 34.2 Å². The standard InChI is InChI=1S/C46H49Cl2F4N7O7S/c1-45(2,3)66-44(61)54-35(22-27-20-29(49)23-30(50)21-27)41-55-40-38(33(48)24-34(53-40)28-14-16-46(51,52)17-15-28)43(60)59(41)36-13-12-32(47)37-39(36)57(18-7-19-64-4)56-42(37)58(67(6,62)63)25-26-8-10-31(65-5)11-9-26/h8-13,20-21,23-24,28,35H,7,14-19,22,25H2,1-6H3,(H,54,61)/t35-/m0/s1. The molecule has 21 heteroatoms. The topological polar surface area (TPSA) is 160 Å². The second-order valence-electron chi connectivity index (χ2n) is 17.4. The molecule has 0 unspecified atom stereocenters. The fraction of sp³-hybridized carbons (Fsp3) is 0.413. The van der Waals surface area contributed by atoms with E-state index in [9.17, 15) is 30.8 Å². The molecule has 1 aliphatic carbocycles. The number of amides is 1. The fourth-order valence-corrected chi connectivity index (χ4v) is 9.51. The van der Waals surface area contributed by atoms with Crippen molar-refractivity contribution in [1.82, 2.24) is 29.6 Å². The highest BCUT2D eigenvalue weighted by Crippen LogP contribution is 2.42. The van der Waals surface area contributed by atoms with Crippen LogP contribution in [0.15, 0.2) is 65.5 Å². The maximum Gasteiger partial charge on any atom is 0.408 e. The van der Waals surface area contributed by atoms with Gasteiger partial charge in [0.15, 0.2) is 11.5 Å². The van der Waals surface area contributed by atoms with Gasteiger partial charge in [-0.15, -0.1) is 0 Å². The van der Waals surface area contributed by atoms with Crippen molar-refractivity contribution in [3.05, 3.63) is 115 Å². The molecule has 67 heavy (non-hydrogen) atoms. The monoisotopic (exact) mass is 989 g/mol. The quantitative estimate of drug-likeness (QED) is 0.0775.